The Morgan fingerprint density at radius 1 is 1.00 bits per heavy atom. The van der Waals surface area contributed by atoms with Crippen molar-refractivity contribution in [3.8, 4) is 0 Å². The molecule has 102 valence electrons. The molecule has 0 amide bonds. The minimum Gasteiger partial charge on any atom is -0.307 e. The van der Waals surface area contributed by atoms with E-state index in [-0.39, 0.29) is 0 Å². The summed E-state index contributed by atoms with van der Waals surface area (Å²) in [6.07, 6.45) is 3.76. The van der Waals surface area contributed by atoms with Gasteiger partial charge in [0, 0.05) is 12.1 Å². The van der Waals surface area contributed by atoms with Gasteiger partial charge >= 0.3 is 0 Å². The zero-order chi connectivity index (χ0) is 13.5. The second-order valence-corrected chi connectivity index (χ2v) is 5.65. The van der Waals surface area contributed by atoms with E-state index in [1.54, 1.807) is 0 Å². The Balaban J connectivity index is 2.56. The van der Waals surface area contributed by atoms with Crippen LogP contribution in [0.25, 0.3) is 0 Å². The Bertz CT molecular complexity index is 328. The number of rotatable bonds is 7. The Labute approximate surface area is 113 Å². The highest BCUT2D eigenvalue weighted by Gasteiger charge is 2.14. The molecular formula is C17H29N. The summed E-state index contributed by atoms with van der Waals surface area (Å²) in [5.74, 6) is 0.813. The monoisotopic (exact) mass is 247 g/mol. The molecule has 0 aromatic heterocycles. The minimum absolute atomic E-state index is 0.444. The van der Waals surface area contributed by atoms with Crippen LogP contribution < -0.4 is 5.32 Å². The van der Waals surface area contributed by atoms with E-state index < -0.39 is 0 Å². The molecule has 0 aliphatic heterocycles. The molecule has 0 aliphatic carbocycles. The minimum atomic E-state index is 0.444. The first-order valence-corrected chi connectivity index (χ1v) is 7.39. The molecule has 0 saturated heterocycles. The van der Waals surface area contributed by atoms with Crippen LogP contribution in [-0.4, -0.2) is 6.04 Å². The van der Waals surface area contributed by atoms with Gasteiger partial charge in [0.05, 0.1) is 0 Å². The lowest BCUT2D eigenvalue weighted by Gasteiger charge is -2.25. The van der Waals surface area contributed by atoms with Gasteiger partial charge in [-0.25, -0.2) is 0 Å². The maximum atomic E-state index is 3.77. The van der Waals surface area contributed by atoms with Crippen LogP contribution in [0.5, 0.6) is 0 Å². The average molecular weight is 247 g/mol. The highest BCUT2D eigenvalue weighted by molar-refractivity contribution is 5.23. The van der Waals surface area contributed by atoms with Gasteiger partial charge in [-0.1, -0.05) is 57.0 Å². The van der Waals surface area contributed by atoms with Crippen LogP contribution in [0.1, 0.15) is 64.1 Å². The molecule has 0 spiro atoms. The van der Waals surface area contributed by atoms with Gasteiger partial charge in [0.15, 0.2) is 0 Å². The van der Waals surface area contributed by atoms with Crippen molar-refractivity contribution in [2.24, 2.45) is 5.92 Å². The van der Waals surface area contributed by atoms with Crippen LogP contribution in [0, 0.1) is 12.8 Å². The summed E-state index contributed by atoms with van der Waals surface area (Å²) in [5, 5.41) is 3.77. The molecule has 1 heteroatoms. The van der Waals surface area contributed by atoms with E-state index in [0.29, 0.717) is 12.1 Å². The normalized spacial score (nSPS) is 16.3. The van der Waals surface area contributed by atoms with E-state index in [2.05, 4.69) is 64.2 Å². The first kappa shape index (κ1) is 15.2. The van der Waals surface area contributed by atoms with Crippen molar-refractivity contribution in [1.29, 1.82) is 0 Å². The second kappa shape index (κ2) is 7.58. The predicted octanol–water partition coefficient (Wildman–Crippen LogP) is 4.86. The molecule has 0 aliphatic rings. The van der Waals surface area contributed by atoms with Crippen molar-refractivity contribution in [1.82, 2.24) is 5.32 Å². The van der Waals surface area contributed by atoms with Crippen LogP contribution in [0.2, 0.25) is 0 Å². The number of benzene rings is 1. The van der Waals surface area contributed by atoms with E-state index >= 15 is 0 Å². The van der Waals surface area contributed by atoms with Gasteiger partial charge < -0.3 is 5.32 Å². The van der Waals surface area contributed by atoms with Crippen LogP contribution >= 0.6 is 0 Å². The highest BCUT2D eigenvalue weighted by Crippen LogP contribution is 2.18. The van der Waals surface area contributed by atoms with Gasteiger partial charge in [-0.15, -0.1) is 0 Å². The summed E-state index contributed by atoms with van der Waals surface area (Å²) in [7, 11) is 0. The molecule has 0 heterocycles. The SMILES string of the molecule is CCC(C)CC(CC)N[C@@H](C)c1ccc(C)cc1. The molecule has 0 saturated carbocycles. The van der Waals surface area contributed by atoms with E-state index in [1.807, 2.05) is 0 Å². The van der Waals surface area contributed by atoms with Gasteiger partial charge in [0.1, 0.15) is 0 Å². The van der Waals surface area contributed by atoms with Gasteiger partial charge in [-0.05, 0) is 38.2 Å². The van der Waals surface area contributed by atoms with Gasteiger partial charge in [0.25, 0.3) is 0 Å². The summed E-state index contributed by atoms with van der Waals surface area (Å²) in [5.41, 5.74) is 2.72. The first-order valence-electron chi connectivity index (χ1n) is 7.39. The molecule has 1 aromatic rings. The van der Waals surface area contributed by atoms with Gasteiger partial charge in [-0.2, -0.15) is 0 Å². The number of aryl methyl sites for hydroxylation is 1. The standard InChI is InChI=1S/C17H29N/c1-6-13(3)12-17(7-2)18-15(5)16-10-8-14(4)9-11-16/h8-11,13,15,17-18H,6-7,12H2,1-5H3/t13?,15-,17?/m0/s1. The maximum absolute atomic E-state index is 3.77. The van der Waals surface area contributed by atoms with Crippen molar-refractivity contribution in [2.75, 3.05) is 0 Å². The number of hydrogen-bond acceptors (Lipinski definition) is 1. The van der Waals surface area contributed by atoms with Crippen LogP contribution in [0.15, 0.2) is 24.3 Å². The van der Waals surface area contributed by atoms with Gasteiger partial charge in [-0.3, -0.25) is 0 Å². The topological polar surface area (TPSA) is 12.0 Å². The van der Waals surface area contributed by atoms with Crippen LogP contribution in [0.3, 0.4) is 0 Å². The zero-order valence-electron chi connectivity index (χ0n) is 12.7. The predicted molar refractivity (Wildman–Crippen MR) is 80.9 cm³/mol. The van der Waals surface area contributed by atoms with Crippen molar-refractivity contribution in [3.05, 3.63) is 35.4 Å². The van der Waals surface area contributed by atoms with Gasteiger partial charge in [0.2, 0.25) is 0 Å². The molecule has 18 heavy (non-hydrogen) atoms. The first-order chi connectivity index (χ1) is 8.56. The third kappa shape index (κ3) is 4.81. The summed E-state index contributed by atoms with van der Waals surface area (Å²) in [6.45, 7) is 11.3. The molecule has 0 fully saturated rings. The van der Waals surface area contributed by atoms with E-state index in [9.17, 15) is 0 Å². The Kier molecular flexibility index (Phi) is 6.42. The third-order valence-electron chi connectivity index (χ3n) is 3.94. The molecule has 0 radical (unpaired) electrons. The lowest BCUT2D eigenvalue weighted by molar-refractivity contribution is 0.359. The zero-order valence-corrected chi connectivity index (χ0v) is 12.7. The molecule has 1 N–H and O–H groups in total. The van der Waals surface area contributed by atoms with Crippen molar-refractivity contribution < 1.29 is 0 Å². The quantitative estimate of drug-likeness (QED) is 0.725. The molecule has 1 nitrogen and oxygen atoms in total. The van der Waals surface area contributed by atoms with Crippen molar-refractivity contribution in [2.45, 2.75) is 66.0 Å². The molecule has 1 rings (SSSR count). The average Bonchev–Trinajstić information content (AvgIpc) is 2.38. The second-order valence-electron chi connectivity index (χ2n) is 5.65. The lowest BCUT2D eigenvalue weighted by Crippen LogP contribution is -2.32. The molecule has 2 unspecified atom stereocenters. The molecule has 0 bridgehead atoms. The smallest absolute Gasteiger partial charge is 0.0294 e. The largest absolute Gasteiger partial charge is 0.307 e. The Morgan fingerprint density at radius 3 is 2.11 bits per heavy atom. The van der Waals surface area contributed by atoms with E-state index in [4.69, 9.17) is 0 Å². The molecule has 3 atom stereocenters. The summed E-state index contributed by atoms with van der Waals surface area (Å²) >= 11 is 0. The lowest BCUT2D eigenvalue weighted by atomic mass is 9.96. The summed E-state index contributed by atoms with van der Waals surface area (Å²) in [6, 6.07) is 9.95. The Morgan fingerprint density at radius 2 is 1.61 bits per heavy atom. The summed E-state index contributed by atoms with van der Waals surface area (Å²) < 4.78 is 0. The summed E-state index contributed by atoms with van der Waals surface area (Å²) in [4.78, 5) is 0. The van der Waals surface area contributed by atoms with E-state index in [1.165, 1.54) is 30.4 Å². The number of nitrogens with one attached hydrogen (secondary N) is 1. The van der Waals surface area contributed by atoms with Crippen molar-refractivity contribution >= 4 is 0 Å². The highest BCUT2D eigenvalue weighted by atomic mass is 14.9. The van der Waals surface area contributed by atoms with E-state index in [0.717, 1.165) is 5.92 Å². The fourth-order valence-electron chi connectivity index (χ4n) is 2.31. The Hall–Kier alpha value is -0.820. The molecular weight excluding hydrogens is 218 g/mol. The molecule has 1 aromatic carbocycles. The van der Waals surface area contributed by atoms with Crippen molar-refractivity contribution in [3.63, 3.8) is 0 Å². The maximum Gasteiger partial charge on any atom is 0.0294 e. The van der Waals surface area contributed by atoms with Crippen LogP contribution in [0.4, 0.5) is 0 Å². The fraction of sp³-hybridized carbons (Fsp3) is 0.647. The number of hydrogen-bond donors (Lipinski definition) is 1. The van der Waals surface area contributed by atoms with Crippen LogP contribution in [-0.2, 0) is 0 Å². The fourth-order valence-corrected chi connectivity index (χ4v) is 2.31. The third-order valence-corrected chi connectivity index (χ3v) is 3.94.